The summed E-state index contributed by atoms with van der Waals surface area (Å²) in [6, 6.07) is -0.276. The zero-order valence-electron chi connectivity index (χ0n) is 8.95. The number of carbonyl (C=O) groups is 1. The molecule has 3 nitrogen and oxygen atoms in total. The summed E-state index contributed by atoms with van der Waals surface area (Å²) in [6.07, 6.45) is 7.55. The summed E-state index contributed by atoms with van der Waals surface area (Å²) >= 11 is 0. The fourth-order valence-electron chi connectivity index (χ4n) is 2.92. The van der Waals surface area contributed by atoms with Crippen LogP contribution >= 0.6 is 12.4 Å². The summed E-state index contributed by atoms with van der Waals surface area (Å²) in [5.41, 5.74) is 0. The maximum Gasteiger partial charge on any atom is 0.320 e. The second-order valence-corrected chi connectivity index (χ2v) is 4.69. The molecule has 1 aliphatic carbocycles. The summed E-state index contributed by atoms with van der Waals surface area (Å²) in [6.45, 7) is 0.918. The van der Waals surface area contributed by atoms with E-state index in [4.69, 9.17) is 5.11 Å². The highest BCUT2D eigenvalue weighted by Gasteiger charge is 2.34. The van der Waals surface area contributed by atoms with Gasteiger partial charge in [-0.25, -0.2) is 0 Å². The number of rotatable bonds is 2. The number of hydrogen-bond donors (Lipinski definition) is 2. The van der Waals surface area contributed by atoms with Crippen LogP contribution in [-0.2, 0) is 4.79 Å². The third kappa shape index (κ3) is 3.08. The Morgan fingerprint density at radius 3 is 2.33 bits per heavy atom. The van der Waals surface area contributed by atoms with E-state index in [1.165, 1.54) is 32.1 Å². The van der Waals surface area contributed by atoms with Crippen molar-refractivity contribution >= 4 is 18.4 Å². The highest BCUT2D eigenvalue weighted by molar-refractivity contribution is 5.85. The van der Waals surface area contributed by atoms with Gasteiger partial charge in [0.15, 0.2) is 0 Å². The van der Waals surface area contributed by atoms with E-state index >= 15 is 0 Å². The number of hydrogen-bond acceptors (Lipinski definition) is 2. The topological polar surface area (TPSA) is 49.3 Å². The molecule has 2 rings (SSSR count). The normalized spacial score (nSPS) is 32.3. The van der Waals surface area contributed by atoms with Crippen molar-refractivity contribution in [3.05, 3.63) is 0 Å². The molecule has 88 valence electrons. The molecule has 1 aliphatic heterocycles. The van der Waals surface area contributed by atoms with Crippen LogP contribution in [0.3, 0.4) is 0 Å². The van der Waals surface area contributed by atoms with E-state index in [2.05, 4.69) is 5.32 Å². The van der Waals surface area contributed by atoms with E-state index in [1.807, 2.05) is 0 Å². The molecular formula is C11H20ClNO2. The lowest BCUT2D eigenvalue weighted by Crippen LogP contribution is -2.29. The van der Waals surface area contributed by atoms with E-state index < -0.39 is 5.97 Å². The molecule has 4 heteroatoms. The van der Waals surface area contributed by atoms with Crippen molar-refractivity contribution in [2.24, 2.45) is 11.8 Å². The highest BCUT2D eigenvalue weighted by atomic mass is 35.5. The van der Waals surface area contributed by atoms with E-state index in [-0.39, 0.29) is 18.4 Å². The summed E-state index contributed by atoms with van der Waals surface area (Å²) < 4.78 is 0. The van der Waals surface area contributed by atoms with E-state index in [1.54, 1.807) is 0 Å². The van der Waals surface area contributed by atoms with Gasteiger partial charge in [0.1, 0.15) is 6.04 Å². The molecule has 0 spiro atoms. The van der Waals surface area contributed by atoms with Crippen molar-refractivity contribution in [3.63, 3.8) is 0 Å². The summed E-state index contributed by atoms with van der Waals surface area (Å²) in [7, 11) is 0. The molecule has 2 N–H and O–H groups in total. The van der Waals surface area contributed by atoms with Crippen LogP contribution in [0.1, 0.15) is 38.5 Å². The van der Waals surface area contributed by atoms with Gasteiger partial charge in [-0.2, -0.15) is 0 Å². The van der Waals surface area contributed by atoms with Crippen molar-refractivity contribution in [2.45, 2.75) is 44.6 Å². The van der Waals surface area contributed by atoms with Crippen molar-refractivity contribution in [1.82, 2.24) is 5.32 Å². The van der Waals surface area contributed by atoms with Gasteiger partial charge in [-0.1, -0.05) is 32.1 Å². The zero-order valence-corrected chi connectivity index (χ0v) is 9.76. The van der Waals surface area contributed by atoms with Crippen LogP contribution in [0.15, 0.2) is 0 Å². The third-order valence-electron chi connectivity index (χ3n) is 3.78. The minimum absolute atomic E-state index is 0. The first-order chi connectivity index (χ1) is 6.77. The monoisotopic (exact) mass is 233 g/mol. The molecule has 0 unspecified atom stereocenters. The number of carboxylic acids is 1. The van der Waals surface area contributed by atoms with E-state index in [9.17, 15) is 4.79 Å². The Kier molecular flexibility index (Phi) is 4.87. The number of aliphatic carboxylic acids is 1. The van der Waals surface area contributed by atoms with Gasteiger partial charge in [0.05, 0.1) is 0 Å². The SMILES string of the molecule is Cl.O=C(O)[C@@H]1C[C@@H](C2CCCCC2)CN1. The van der Waals surface area contributed by atoms with Gasteiger partial charge in [-0.15, -0.1) is 12.4 Å². The van der Waals surface area contributed by atoms with Crippen LogP contribution in [0.2, 0.25) is 0 Å². The smallest absolute Gasteiger partial charge is 0.320 e. The molecule has 2 aliphatic rings. The van der Waals surface area contributed by atoms with Gasteiger partial charge < -0.3 is 10.4 Å². The first kappa shape index (κ1) is 12.8. The minimum Gasteiger partial charge on any atom is -0.480 e. The van der Waals surface area contributed by atoms with Gasteiger partial charge in [-0.3, -0.25) is 4.79 Å². The average molecular weight is 234 g/mol. The maximum atomic E-state index is 10.8. The molecule has 0 aromatic rings. The molecule has 15 heavy (non-hydrogen) atoms. The Hall–Kier alpha value is -0.280. The van der Waals surface area contributed by atoms with Gasteiger partial charge in [-0.05, 0) is 24.8 Å². The second-order valence-electron chi connectivity index (χ2n) is 4.69. The minimum atomic E-state index is -0.677. The van der Waals surface area contributed by atoms with Crippen molar-refractivity contribution in [2.75, 3.05) is 6.54 Å². The van der Waals surface area contributed by atoms with Crippen LogP contribution in [0.5, 0.6) is 0 Å². The summed E-state index contributed by atoms with van der Waals surface area (Å²) in [5, 5.41) is 12.0. The Morgan fingerprint density at radius 2 is 1.80 bits per heavy atom. The fraction of sp³-hybridized carbons (Fsp3) is 0.909. The lowest BCUT2D eigenvalue weighted by atomic mass is 9.79. The van der Waals surface area contributed by atoms with Gasteiger partial charge in [0.2, 0.25) is 0 Å². The Balaban J connectivity index is 0.00000112. The largest absolute Gasteiger partial charge is 0.480 e. The quantitative estimate of drug-likeness (QED) is 0.768. The summed E-state index contributed by atoms with van der Waals surface area (Å²) in [4.78, 5) is 10.8. The van der Waals surface area contributed by atoms with Crippen LogP contribution in [0.4, 0.5) is 0 Å². The van der Waals surface area contributed by atoms with Crippen LogP contribution in [-0.4, -0.2) is 23.7 Å². The molecule has 0 aromatic heterocycles. The van der Waals surface area contributed by atoms with Crippen LogP contribution in [0.25, 0.3) is 0 Å². The summed E-state index contributed by atoms with van der Waals surface area (Å²) in [5.74, 6) is 0.736. The highest BCUT2D eigenvalue weighted by Crippen LogP contribution is 2.34. The van der Waals surface area contributed by atoms with Gasteiger partial charge >= 0.3 is 5.97 Å². The van der Waals surface area contributed by atoms with Gasteiger partial charge in [0.25, 0.3) is 0 Å². The van der Waals surface area contributed by atoms with Crippen molar-refractivity contribution < 1.29 is 9.90 Å². The third-order valence-corrected chi connectivity index (χ3v) is 3.78. The number of carboxylic acid groups (broad SMARTS) is 1. The van der Waals surface area contributed by atoms with E-state index in [0.717, 1.165) is 18.9 Å². The molecule has 0 aromatic carbocycles. The standard InChI is InChI=1S/C11H19NO2.ClH/c13-11(14)10-6-9(7-12-10)8-4-2-1-3-5-8;/h8-10,12H,1-7H2,(H,13,14);1H/t9-,10+;/m1./s1. The van der Waals surface area contributed by atoms with Crippen LogP contribution < -0.4 is 5.32 Å². The Morgan fingerprint density at radius 1 is 1.13 bits per heavy atom. The number of halogens is 1. The molecule has 0 bridgehead atoms. The molecule has 2 fully saturated rings. The van der Waals surface area contributed by atoms with Crippen molar-refractivity contribution in [1.29, 1.82) is 0 Å². The fourth-order valence-corrected chi connectivity index (χ4v) is 2.92. The number of nitrogens with one attached hydrogen (secondary N) is 1. The predicted molar refractivity (Wildman–Crippen MR) is 61.4 cm³/mol. The molecule has 1 saturated heterocycles. The first-order valence-electron chi connectivity index (χ1n) is 5.73. The lowest BCUT2D eigenvalue weighted by molar-refractivity contribution is -0.139. The molecule has 2 atom stereocenters. The lowest BCUT2D eigenvalue weighted by Gasteiger charge is -2.26. The first-order valence-corrected chi connectivity index (χ1v) is 5.73. The molecule has 0 radical (unpaired) electrons. The maximum absolute atomic E-state index is 10.8. The van der Waals surface area contributed by atoms with Crippen LogP contribution in [0, 0.1) is 11.8 Å². The molecule has 1 heterocycles. The van der Waals surface area contributed by atoms with Gasteiger partial charge in [0, 0.05) is 0 Å². The zero-order chi connectivity index (χ0) is 9.97. The Labute approximate surface area is 97.0 Å². The molecule has 0 amide bonds. The second kappa shape index (κ2) is 5.71. The predicted octanol–water partition coefficient (Wildman–Crippen LogP) is 2.05. The Bertz CT molecular complexity index is 217. The average Bonchev–Trinajstić information content (AvgIpc) is 2.68. The van der Waals surface area contributed by atoms with Crippen molar-refractivity contribution in [3.8, 4) is 0 Å². The molecular weight excluding hydrogens is 214 g/mol. The molecule has 1 saturated carbocycles. The van der Waals surface area contributed by atoms with E-state index in [0.29, 0.717) is 5.92 Å².